The number of aliphatic imine (C=N–C) groups is 1. The molecule has 184 valence electrons. The van der Waals surface area contributed by atoms with Gasteiger partial charge in [0.05, 0.1) is 6.54 Å². The predicted molar refractivity (Wildman–Crippen MR) is 62.9 cm³/mol. The summed E-state index contributed by atoms with van der Waals surface area (Å²) in [7, 11) is 0. The van der Waals surface area contributed by atoms with Gasteiger partial charge in [-0.2, -0.15) is 74.6 Å². The van der Waals surface area contributed by atoms with E-state index in [0.717, 1.165) is 0 Å². The van der Waals surface area contributed by atoms with E-state index in [1.54, 1.807) is 0 Å². The lowest BCUT2D eigenvalue weighted by Gasteiger charge is -2.42. The van der Waals surface area contributed by atoms with Gasteiger partial charge in [0.1, 0.15) is 0 Å². The van der Waals surface area contributed by atoms with E-state index < -0.39 is 67.0 Å². The molecule has 0 rings (SSSR count). The van der Waals surface area contributed by atoms with E-state index in [-0.39, 0.29) is 0 Å². The number of nitrogens with zero attached hydrogens (tertiary/aromatic N) is 1. The molecule has 0 spiro atoms. The third-order valence-electron chi connectivity index (χ3n) is 3.61. The lowest BCUT2D eigenvalue weighted by molar-refractivity contribution is -0.461. The molecule has 0 aromatic carbocycles. The van der Waals surface area contributed by atoms with Crippen LogP contribution in [0.2, 0.25) is 0 Å². The van der Waals surface area contributed by atoms with Crippen LogP contribution in [-0.4, -0.2) is 60.3 Å². The van der Waals surface area contributed by atoms with Crippen molar-refractivity contribution in [3.8, 4) is 0 Å². The van der Waals surface area contributed by atoms with Gasteiger partial charge in [0.2, 0.25) is 6.08 Å². The molecule has 0 aromatic rings. The summed E-state index contributed by atoms with van der Waals surface area (Å²) in [6, 6.07) is 0. The van der Waals surface area contributed by atoms with Gasteiger partial charge in [0, 0.05) is 6.42 Å². The molecule has 0 heterocycles. The van der Waals surface area contributed by atoms with Crippen LogP contribution in [0.15, 0.2) is 4.99 Å². The smallest absolute Gasteiger partial charge is 0.211 e. The number of hydrogen-bond acceptors (Lipinski definition) is 2. The minimum atomic E-state index is -8.64. The number of rotatable bonds is 10. The molecule has 0 aliphatic rings. The molecule has 0 unspecified atom stereocenters. The highest BCUT2D eigenvalue weighted by molar-refractivity contribution is 5.32. The molecule has 31 heavy (non-hydrogen) atoms. The quantitative estimate of drug-likeness (QED) is 0.153. The summed E-state index contributed by atoms with van der Waals surface area (Å²) in [6.45, 7) is -1.16. The first-order chi connectivity index (χ1) is 13.3. The van der Waals surface area contributed by atoms with Crippen LogP contribution in [-0.2, 0) is 4.79 Å². The van der Waals surface area contributed by atoms with Crippen molar-refractivity contribution in [1.29, 1.82) is 0 Å². The molecule has 0 aliphatic heterocycles. The van der Waals surface area contributed by atoms with Crippen molar-refractivity contribution < 1.29 is 79.4 Å². The van der Waals surface area contributed by atoms with Crippen LogP contribution < -0.4 is 0 Å². The van der Waals surface area contributed by atoms with Crippen molar-refractivity contribution in [2.45, 2.75) is 60.5 Å². The molecule has 2 nitrogen and oxygen atoms in total. The van der Waals surface area contributed by atoms with Crippen molar-refractivity contribution in [2.24, 2.45) is 4.99 Å². The van der Waals surface area contributed by atoms with Gasteiger partial charge in [-0.3, -0.25) is 0 Å². The minimum absolute atomic E-state index is 0.639. The molecule has 0 fully saturated rings. The van der Waals surface area contributed by atoms with Crippen LogP contribution in [0.4, 0.5) is 74.6 Å². The highest BCUT2D eigenvalue weighted by Gasteiger charge is 2.95. The molecule has 0 aliphatic carbocycles. The third-order valence-corrected chi connectivity index (χ3v) is 3.61. The zero-order valence-electron chi connectivity index (χ0n) is 13.9. The summed E-state index contributed by atoms with van der Waals surface area (Å²) < 4.78 is 220. The highest BCUT2D eigenvalue weighted by atomic mass is 19.4. The van der Waals surface area contributed by atoms with E-state index in [2.05, 4.69) is 4.99 Å². The average Bonchev–Trinajstić information content (AvgIpc) is 2.56. The SMILES string of the molecule is O=C=NCCCC(F)(F)C(F)(F)C(F)(F)C(F)(F)C(F)(F)C(F)(F)C(F)(F)C(F)(F)F. The minimum Gasteiger partial charge on any atom is -0.211 e. The number of halogens is 17. The van der Waals surface area contributed by atoms with E-state index in [9.17, 15) is 79.4 Å². The van der Waals surface area contributed by atoms with Crippen LogP contribution in [0.5, 0.6) is 0 Å². The molecular formula is C12H6F17NO. The second-order valence-electron chi connectivity index (χ2n) is 5.73. The summed E-state index contributed by atoms with van der Waals surface area (Å²) in [5.74, 6) is -56.3. The van der Waals surface area contributed by atoms with E-state index in [1.165, 1.54) is 0 Å². The maximum Gasteiger partial charge on any atom is 0.460 e. The van der Waals surface area contributed by atoms with Gasteiger partial charge in [-0.05, 0) is 6.42 Å². The van der Waals surface area contributed by atoms with Crippen LogP contribution >= 0.6 is 0 Å². The maximum atomic E-state index is 13.4. The molecule has 0 aromatic heterocycles. The number of hydrogen-bond donors (Lipinski definition) is 0. The van der Waals surface area contributed by atoms with Crippen LogP contribution in [0, 0.1) is 0 Å². The number of isocyanates is 1. The van der Waals surface area contributed by atoms with Crippen molar-refractivity contribution >= 4 is 6.08 Å². The van der Waals surface area contributed by atoms with Crippen LogP contribution in [0.1, 0.15) is 12.8 Å². The standard InChI is InChI=1S/C12H6F17NO/c13-5(14,2-1-3-30-4-31)6(15,16)7(17,18)8(19,20)9(21,22)10(23,24)11(25,26)12(27,28)29/h1-3H2. The zero-order valence-corrected chi connectivity index (χ0v) is 13.9. The van der Waals surface area contributed by atoms with Crippen LogP contribution in [0.25, 0.3) is 0 Å². The Morgan fingerprint density at radius 3 is 1.16 bits per heavy atom. The fraction of sp³-hybridized carbons (Fsp3) is 0.917. The van der Waals surface area contributed by atoms with Gasteiger partial charge >= 0.3 is 47.6 Å². The first-order valence-electron chi connectivity index (χ1n) is 7.06. The fourth-order valence-electron chi connectivity index (χ4n) is 1.78. The summed E-state index contributed by atoms with van der Waals surface area (Å²) in [5, 5.41) is 0. The lowest BCUT2D eigenvalue weighted by atomic mass is 9.88. The molecule has 0 radical (unpaired) electrons. The molecule has 0 saturated heterocycles. The molecular weight excluding hydrogens is 497 g/mol. The fourth-order valence-corrected chi connectivity index (χ4v) is 1.78. The molecule has 0 amide bonds. The van der Waals surface area contributed by atoms with Gasteiger partial charge in [-0.25, -0.2) is 9.79 Å². The van der Waals surface area contributed by atoms with Crippen molar-refractivity contribution in [1.82, 2.24) is 0 Å². The summed E-state index contributed by atoms with van der Waals surface area (Å²) >= 11 is 0. The van der Waals surface area contributed by atoms with E-state index in [4.69, 9.17) is 0 Å². The van der Waals surface area contributed by atoms with E-state index in [0.29, 0.717) is 6.08 Å². The number of alkyl halides is 17. The summed E-state index contributed by atoms with van der Waals surface area (Å²) in [6.07, 6.45) is -11.2. The highest BCUT2D eigenvalue weighted by Crippen LogP contribution is 2.64. The van der Waals surface area contributed by atoms with Crippen molar-refractivity contribution in [3.05, 3.63) is 0 Å². The Kier molecular flexibility index (Phi) is 7.49. The summed E-state index contributed by atoms with van der Waals surface area (Å²) in [5.41, 5.74) is 0. The Hall–Kier alpha value is -1.81. The van der Waals surface area contributed by atoms with Gasteiger partial charge in [-0.15, -0.1) is 0 Å². The molecule has 0 N–H and O–H groups in total. The molecule has 0 atom stereocenters. The molecule has 0 bridgehead atoms. The second kappa shape index (κ2) is 7.95. The molecule has 19 heteroatoms. The topological polar surface area (TPSA) is 29.4 Å². The van der Waals surface area contributed by atoms with Gasteiger partial charge in [0.25, 0.3) is 0 Å². The van der Waals surface area contributed by atoms with Gasteiger partial charge in [-0.1, -0.05) is 0 Å². The van der Waals surface area contributed by atoms with Crippen LogP contribution in [0.3, 0.4) is 0 Å². The van der Waals surface area contributed by atoms with E-state index in [1.807, 2.05) is 0 Å². The second-order valence-corrected chi connectivity index (χ2v) is 5.73. The average molecular weight is 503 g/mol. The Balaban J connectivity index is 6.46. The van der Waals surface area contributed by atoms with Crippen molar-refractivity contribution in [2.75, 3.05) is 6.54 Å². The van der Waals surface area contributed by atoms with Gasteiger partial charge in [0.15, 0.2) is 0 Å². The number of carbonyl (C=O) groups excluding carboxylic acids is 1. The van der Waals surface area contributed by atoms with Gasteiger partial charge < -0.3 is 0 Å². The third kappa shape index (κ3) is 4.16. The Labute approximate surface area is 159 Å². The predicted octanol–water partition coefficient (Wildman–Crippen LogP) is 6.11. The summed E-state index contributed by atoms with van der Waals surface area (Å²) in [4.78, 5) is 12.1. The first kappa shape index (κ1) is 29.2. The maximum absolute atomic E-state index is 13.4. The Morgan fingerprint density at radius 1 is 0.516 bits per heavy atom. The van der Waals surface area contributed by atoms with E-state index >= 15 is 0 Å². The monoisotopic (exact) mass is 503 g/mol. The Morgan fingerprint density at radius 2 is 0.839 bits per heavy atom. The first-order valence-corrected chi connectivity index (χ1v) is 7.06. The molecule has 0 saturated carbocycles. The normalized spacial score (nSPS) is 15.6. The largest absolute Gasteiger partial charge is 0.460 e. The lowest BCUT2D eigenvalue weighted by Crippen LogP contribution is -2.74. The Bertz CT molecular complexity index is 688. The van der Waals surface area contributed by atoms with Crippen molar-refractivity contribution in [3.63, 3.8) is 0 Å². The zero-order chi connectivity index (χ0) is 25.5.